The van der Waals surface area contributed by atoms with Crippen molar-refractivity contribution in [3.05, 3.63) is 65.5 Å². The first-order valence-electron chi connectivity index (χ1n) is 11.1. The Morgan fingerprint density at radius 1 is 1.06 bits per heavy atom. The van der Waals surface area contributed by atoms with Gasteiger partial charge in [-0.15, -0.1) is 0 Å². The molecule has 7 nitrogen and oxygen atoms in total. The van der Waals surface area contributed by atoms with Crippen molar-refractivity contribution in [2.24, 2.45) is 4.99 Å². The summed E-state index contributed by atoms with van der Waals surface area (Å²) >= 11 is 0. The largest absolute Gasteiger partial charge is 0.379 e. The van der Waals surface area contributed by atoms with Crippen molar-refractivity contribution >= 4 is 17.0 Å². The Morgan fingerprint density at radius 3 is 2.65 bits per heavy atom. The summed E-state index contributed by atoms with van der Waals surface area (Å²) < 4.78 is 5.47. The van der Waals surface area contributed by atoms with Gasteiger partial charge in [-0.2, -0.15) is 0 Å². The summed E-state index contributed by atoms with van der Waals surface area (Å²) in [5.41, 5.74) is 4.79. The zero-order valence-corrected chi connectivity index (χ0v) is 18.2. The van der Waals surface area contributed by atoms with E-state index in [-0.39, 0.29) is 0 Å². The summed E-state index contributed by atoms with van der Waals surface area (Å²) in [6, 6.07) is 16.8. The third kappa shape index (κ3) is 6.06. The summed E-state index contributed by atoms with van der Waals surface area (Å²) in [5, 5.41) is 6.87. The summed E-state index contributed by atoms with van der Waals surface area (Å²) in [6.07, 6.45) is 1.88. The molecule has 0 saturated carbocycles. The minimum Gasteiger partial charge on any atom is -0.379 e. The van der Waals surface area contributed by atoms with Gasteiger partial charge in [0.05, 0.1) is 24.2 Å². The van der Waals surface area contributed by atoms with E-state index in [0.29, 0.717) is 0 Å². The number of hydrogen-bond donors (Lipinski definition) is 3. The number of para-hydroxylation sites is 2. The van der Waals surface area contributed by atoms with E-state index in [1.165, 1.54) is 11.1 Å². The Labute approximate surface area is 183 Å². The maximum Gasteiger partial charge on any atom is 0.191 e. The number of rotatable bonds is 8. The van der Waals surface area contributed by atoms with Gasteiger partial charge in [0, 0.05) is 46.2 Å². The van der Waals surface area contributed by atoms with Crippen molar-refractivity contribution in [3.8, 4) is 0 Å². The number of hydrogen-bond acceptors (Lipinski definition) is 4. The van der Waals surface area contributed by atoms with Crippen molar-refractivity contribution in [1.82, 2.24) is 25.5 Å². The molecule has 4 rings (SSSR count). The fourth-order valence-electron chi connectivity index (χ4n) is 3.87. The molecule has 2 heterocycles. The molecule has 31 heavy (non-hydrogen) atoms. The normalized spacial score (nSPS) is 15.3. The zero-order chi connectivity index (χ0) is 21.3. The van der Waals surface area contributed by atoms with E-state index < -0.39 is 0 Å². The lowest BCUT2D eigenvalue weighted by atomic mass is 10.1. The van der Waals surface area contributed by atoms with E-state index in [9.17, 15) is 0 Å². The van der Waals surface area contributed by atoms with Crippen LogP contribution in [0.3, 0.4) is 0 Å². The molecular weight excluding hydrogens is 388 g/mol. The highest BCUT2D eigenvalue weighted by molar-refractivity contribution is 5.79. The van der Waals surface area contributed by atoms with Gasteiger partial charge in [0.1, 0.15) is 5.82 Å². The van der Waals surface area contributed by atoms with Gasteiger partial charge in [-0.05, 0) is 29.7 Å². The molecule has 1 fully saturated rings. The minimum atomic E-state index is 0.754. The first-order valence-corrected chi connectivity index (χ1v) is 11.1. The van der Waals surface area contributed by atoms with Crippen LogP contribution in [0.15, 0.2) is 53.5 Å². The highest BCUT2D eigenvalue weighted by atomic mass is 16.5. The highest BCUT2D eigenvalue weighted by Crippen LogP contribution is 2.13. The lowest BCUT2D eigenvalue weighted by Gasteiger charge is -2.27. The van der Waals surface area contributed by atoms with Crippen LogP contribution in [-0.2, 0) is 24.2 Å². The number of H-pyrrole nitrogens is 1. The van der Waals surface area contributed by atoms with Crippen LogP contribution in [0.5, 0.6) is 0 Å². The summed E-state index contributed by atoms with van der Waals surface area (Å²) in [4.78, 5) is 14.9. The Hall–Kier alpha value is -2.90. The van der Waals surface area contributed by atoms with Crippen LogP contribution in [0.4, 0.5) is 0 Å². The molecule has 0 atom stereocenters. The lowest BCUT2D eigenvalue weighted by Crippen LogP contribution is -2.38. The van der Waals surface area contributed by atoms with E-state index in [2.05, 4.69) is 60.8 Å². The Morgan fingerprint density at radius 2 is 1.84 bits per heavy atom. The third-order valence-corrected chi connectivity index (χ3v) is 5.61. The third-order valence-electron chi connectivity index (χ3n) is 5.61. The quantitative estimate of drug-likeness (QED) is 0.297. The maximum atomic E-state index is 5.47. The molecule has 7 heteroatoms. The topological polar surface area (TPSA) is 77.6 Å². The van der Waals surface area contributed by atoms with Crippen LogP contribution in [0.2, 0.25) is 0 Å². The fourth-order valence-corrected chi connectivity index (χ4v) is 3.87. The molecule has 2 aromatic carbocycles. The molecule has 1 aromatic heterocycles. The number of nitrogens with zero attached hydrogens (tertiary/aromatic N) is 3. The molecule has 164 valence electrons. The van der Waals surface area contributed by atoms with Crippen molar-refractivity contribution in [2.75, 3.05) is 39.9 Å². The number of morpholine rings is 1. The van der Waals surface area contributed by atoms with Crippen molar-refractivity contribution in [3.63, 3.8) is 0 Å². The number of aromatic amines is 1. The molecule has 0 bridgehead atoms. The van der Waals surface area contributed by atoms with E-state index in [4.69, 9.17) is 4.74 Å². The summed E-state index contributed by atoms with van der Waals surface area (Å²) in [5.74, 6) is 1.86. The first kappa shape index (κ1) is 21.3. The van der Waals surface area contributed by atoms with Gasteiger partial charge in [0.25, 0.3) is 0 Å². The number of ether oxygens (including phenoxy) is 1. The average molecular weight is 421 g/mol. The lowest BCUT2D eigenvalue weighted by molar-refractivity contribution is 0.0341. The number of guanidine groups is 1. The van der Waals surface area contributed by atoms with Crippen LogP contribution in [0.1, 0.15) is 23.4 Å². The SMILES string of the molecule is CN=C(NCCCc1nc2ccccc2[nH]1)NCc1ccccc1CN1CCOCC1. The average Bonchev–Trinajstić information content (AvgIpc) is 3.23. The van der Waals surface area contributed by atoms with Gasteiger partial charge in [-0.25, -0.2) is 4.98 Å². The number of fused-ring (bicyclic) bond motifs is 1. The predicted molar refractivity (Wildman–Crippen MR) is 125 cm³/mol. The number of aromatic nitrogens is 2. The Kier molecular flexibility index (Phi) is 7.52. The van der Waals surface area contributed by atoms with Crippen LogP contribution < -0.4 is 10.6 Å². The molecule has 3 aromatic rings. The number of aliphatic imine (C=N–C) groups is 1. The second-order valence-electron chi connectivity index (χ2n) is 7.81. The van der Waals surface area contributed by atoms with E-state index in [1.807, 2.05) is 25.2 Å². The minimum absolute atomic E-state index is 0.754. The second-order valence-corrected chi connectivity index (χ2v) is 7.81. The van der Waals surface area contributed by atoms with Crippen molar-refractivity contribution < 1.29 is 4.74 Å². The monoisotopic (exact) mass is 420 g/mol. The molecule has 0 aliphatic carbocycles. The smallest absolute Gasteiger partial charge is 0.191 e. The first-order chi connectivity index (χ1) is 15.3. The Balaban J connectivity index is 1.23. The molecule has 0 spiro atoms. The Bertz CT molecular complexity index is 959. The molecule has 0 unspecified atom stereocenters. The number of imidazole rings is 1. The molecular formula is C24H32N6O. The summed E-state index contributed by atoms with van der Waals surface area (Å²) in [6.45, 7) is 6.20. The number of benzene rings is 2. The molecule has 1 aliphatic heterocycles. The molecule has 1 aliphatic rings. The fraction of sp³-hybridized carbons (Fsp3) is 0.417. The number of aryl methyl sites for hydroxylation is 1. The molecule has 1 saturated heterocycles. The van der Waals surface area contributed by atoms with Crippen LogP contribution in [0, 0.1) is 0 Å². The van der Waals surface area contributed by atoms with Gasteiger partial charge in [0.15, 0.2) is 5.96 Å². The molecule has 0 radical (unpaired) electrons. The van der Waals surface area contributed by atoms with Gasteiger partial charge in [-0.1, -0.05) is 36.4 Å². The maximum absolute atomic E-state index is 5.47. The van der Waals surface area contributed by atoms with Crippen molar-refractivity contribution in [2.45, 2.75) is 25.9 Å². The zero-order valence-electron chi connectivity index (χ0n) is 18.2. The van der Waals surface area contributed by atoms with Gasteiger partial charge in [-0.3, -0.25) is 9.89 Å². The molecule has 0 amide bonds. The van der Waals surface area contributed by atoms with E-state index >= 15 is 0 Å². The van der Waals surface area contributed by atoms with E-state index in [0.717, 1.165) is 81.6 Å². The van der Waals surface area contributed by atoms with Gasteiger partial charge >= 0.3 is 0 Å². The van der Waals surface area contributed by atoms with Gasteiger partial charge < -0.3 is 20.4 Å². The van der Waals surface area contributed by atoms with Crippen LogP contribution in [-0.4, -0.2) is 60.7 Å². The standard InChI is InChI=1S/C24H32N6O/c1-25-24(26-12-6-11-23-28-21-9-4-5-10-22(21)29-23)27-17-19-7-2-3-8-20(19)18-30-13-15-31-16-14-30/h2-5,7-10H,6,11-18H2,1H3,(H,28,29)(H2,25,26,27). The summed E-state index contributed by atoms with van der Waals surface area (Å²) in [7, 11) is 1.81. The predicted octanol–water partition coefficient (Wildman–Crippen LogP) is 2.69. The van der Waals surface area contributed by atoms with E-state index in [1.54, 1.807) is 0 Å². The highest BCUT2D eigenvalue weighted by Gasteiger charge is 2.12. The second kappa shape index (κ2) is 10.9. The molecule has 3 N–H and O–H groups in total. The van der Waals surface area contributed by atoms with Crippen molar-refractivity contribution in [1.29, 1.82) is 0 Å². The van der Waals surface area contributed by atoms with Gasteiger partial charge in [0.2, 0.25) is 0 Å². The van der Waals surface area contributed by atoms with Crippen LogP contribution in [0.25, 0.3) is 11.0 Å². The number of nitrogens with one attached hydrogen (secondary N) is 3. The van der Waals surface area contributed by atoms with Crippen LogP contribution >= 0.6 is 0 Å².